The Morgan fingerprint density at radius 3 is 2.32 bits per heavy atom. The highest BCUT2D eigenvalue weighted by molar-refractivity contribution is 6.45. The van der Waals surface area contributed by atoms with Crippen molar-refractivity contribution in [2.75, 3.05) is 24.5 Å². The molecule has 1 heterocycles. The van der Waals surface area contributed by atoms with E-state index in [4.69, 9.17) is 0 Å². The van der Waals surface area contributed by atoms with Crippen molar-refractivity contribution in [3.63, 3.8) is 0 Å². The van der Waals surface area contributed by atoms with E-state index in [0.29, 0.717) is 17.7 Å². The molecule has 1 aliphatic heterocycles. The number of hydrogen-bond acceptors (Lipinski definition) is 4. The first-order valence-corrected chi connectivity index (χ1v) is 8.45. The molecule has 0 atom stereocenters. The smallest absolute Gasteiger partial charge is 0.376 e. The molecule has 0 spiro atoms. The highest BCUT2D eigenvalue weighted by atomic mass is 16.3. The van der Waals surface area contributed by atoms with Crippen LogP contribution in [0.15, 0.2) is 24.3 Å². The number of aromatic hydroxyl groups is 1. The maximum Gasteiger partial charge on any atom is 0.376 e. The van der Waals surface area contributed by atoms with E-state index in [2.05, 4.69) is 23.6 Å². The monoisotopic (exact) mass is 304 g/mol. The highest BCUT2D eigenvalue weighted by Gasteiger charge is 2.27. The van der Waals surface area contributed by atoms with Crippen molar-refractivity contribution in [1.82, 2.24) is 4.81 Å². The third-order valence-electron chi connectivity index (χ3n) is 4.60. The highest BCUT2D eigenvalue weighted by Crippen LogP contribution is 2.26. The molecule has 0 aliphatic carbocycles. The van der Waals surface area contributed by atoms with E-state index in [1.54, 1.807) is 12.1 Å². The molecule has 0 saturated carbocycles. The van der Waals surface area contributed by atoms with E-state index < -0.39 is 0 Å². The third kappa shape index (κ3) is 4.65. The zero-order valence-corrected chi connectivity index (χ0v) is 14.1. The summed E-state index contributed by atoms with van der Waals surface area (Å²) in [4.78, 5) is 4.62. The summed E-state index contributed by atoms with van der Waals surface area (Å²) in [7, 11) is -0.348. The summed E-state index contributed by atoms with van der Waals surface area (Å²) in [6, 6.07) is 8.07. The van der Waals surface area contributed by atoms with Crippen molar-refractivity contribution in [2.24, 2.45) is 5.92 Å². The lowest BCUT2D eigenvalue weighted by Crippen LogP contribution is -2.49. The van der Waals surface area contributed by atoms with Gasteiger partial charge in [-0.2, -0.15) is 0 Å². The molecule has 0 amide bonds. The minimum absolute atomic E-state index is 0.316. The minimum Gasteiger partial charge on any atom is -0.508 e. The molecule has 0 bridgehead atoms. The number of benzene rings is 1. The van der Waals surface area contributed by atoms with E-state index >= 15 is 0 Å². The minimum atomic E-state index is -0.348. The molecule has 122 valence electrons. The zero-order valence-electron chi connectivity index (χ0n) is 14.1. The molecule has 0 aromatic heterocycles. The Morgan fingerprint density at radius 1 is 1.23 bits per heavy atom. The van der Waals surface area contributed by atoms with Gasteiger partial charge in [-0.05, 0) is 69.4 Å². The number of piperidine rings is 1. The van der Waals surface area contributed by atoms with Crippen molar-refractivity contribution >= 4 is 12.7 Å². The van der Waals surface area contributed by atoms with Crippen molar-refractivity contribution in [2.45, 2.75) is 46.0 Å². The molecular formula is C17H29BN2O2. The number of anilines is 1. The fraction of sp³-hybridized carbons (Fsp3) is 0.647. The summed E-state index contributed by atoms with van der Waals surface area (Å²) in [5, 5.41) is 19.2. The van der Waals surface area contributed by atoms with Gasteiger partial charge in [-0.25, -0.2) is 0 Å². The van der Waals surface area contributed by atoms with Gasteiger partial charge >= 0.3 is 7.05 Å². The molecule has 1 aromatic carbocycles. The number of phenols is 1. The van der Waals surface area contributed by atoms with Gasteiger partial charge in [-0.15, -0.1) is 0 Å². The van der Waals surface area contributed by atoms with Gasteiger partial charge in [0.15, 0.2) is 0 Å². The number of phenolic OH excluding ortho intramolecular Hbond substituents is 1. The lowest BCUT2D eigenvalue weighted by atomic mass is 9.82. The molecule has 0 unspecified atom stereocenters. The maximum atomic E-state index is 9.71. The van der Waals surface area contributed by atoms with Crippen LogP contribution in [0.25, 0.3) is 0 Å². The predicted octanol–water partition coefficient (Wildman–Crippen LogP) is 2.82. The van der Waals surface area contributed by atoms with Crippen molar-refractivity contribution in [3.8, 4) is 5.75 Å². The van der Waals surface area contributed by atoms with E-state index in [1.807, 2.05) is 19.0 Å². The molecule has 1 aromatic rings. The van der Waals surface area contributed by atoms with E-state index in [0.717, 1.165) is 38.9 Å². The molecular weight excluding hydrogens is 275 g/mol. The zero-order chi connectivity index (χ0) is 16.1. The lowest BCUT2D eigenvalue weighted by molar-refractivity contribution is 0.281. The van der Waals surface area contributed by atoms with Gasteiger partial charge < -0.3 is 19.8 Å². The summed E-state index contributed by atoms with van der Waals surface area (Å²) < 4.78 is 0. The summed E-state index contributed by atoms with van der Waals surface area (Å²) >= 11 is 0. The standard InChI is InChI=1S/C17H29BN2O2/c1-14(2)8-13-20(15-4-6-17(21)7-5-15)16-9-11-19(12-10-16)18(3)22/h4-7,14,16,21-22H,8-13H2,1-3H3. The molecule has 1 aliphatic rings. The Balaban J connectivity index is 2.06. The Labute approximate surface area is 134 Å². The van der Waals surface area contributed by atoms with Gasteiger partial charge in [0, 0.05) is 18.3 Å². The molecule has 2 rings (SSSR count). The first-order valence-electron chi connectivity index (χ1n) is 8.45. The summed E-state index contributed by atoms with van der Waals surface area (Å²) in [5.41, 5.74) is 1.19. The van der Waals surface area contributed by atoms with Crippen LogP contribution in [0, 0.1) is 5.92 Å². The first-order chi connectivity index (χ1) is 10.5. The fourth-order valence-electron chi connectivity index (χ4n) is 3.14. The Hall–Kier alpha value is -1.20. The maximum absolute atomic E-state index is 9.71. The lowest BCUT2D eigenvalue weighted by Gasteiger charge is -2.40. The summed E-state index contributed by atoms with van der Waals surface area (Å²) in [5.74, 6) is 0.994. The van der Waals surface area contributed by atoms with Crippen LogP contribution in [0.1, 0.15) is 33.1 Å². The van der Waals surface area contributed by atoms with E-state index in [-0.39, 0.29) is 7.05 Å². The molecule has 0 radical (unpaired) electrons. The van der Waals surface area contributed by atoms with Crippen molar-refractivity contribution in [1.29, 1.82) is 0 Å². The van der Waals surface area contributed by atoms with Gasteiger partial charge in [0.2, 0.25) is 0 Å². The van der Waals surface area contributed by atoms with Crippen molar-refractivity contribution in [3.05, 3.63) is 24.3 Å². The van der Waals surface area contributed by atoms with E-state index in [9.17, 15) is 10.1 Å². The molecule has 2 N–H and O–H groups in total. The van der Waals surface area contributed by atoms with E-state index in [1.165, 1.54) is 5.69 Å². The van der Waals surface area contributed by atoms with Gasteiger partial charge in [-0.1, -0.05) is 13.8 Å². The molecule has 1 fully saturated rings. The summed E-state index contributed by atoms with van der Waals surface area (Å²) in [6.45, 7) is 9.28. The van der Waals surface area contributed by atoms with Gasteiger partial charge in [0.25, 0.3) is 0 Å². The Kier molecular flexibility index (Phi) is 6.15. The Bertz CT molecular complexity index is 442. The second kappa shape index (κ2) is 7.88. The first kappa shape index (κ1) is 17.2. The van der Waals surface area contributed by atoms with Crippen LogP contribution in [0.2, 0.25) is 6.82 Å². The SMILES string of the molecule is CB(O)N1CCC(N(CCC(C)C)c2ccc(O)cc2)CC1. The van der Waals surface area contributed by atoms with Crippen LogP contribution in [-0.4, -0.2) is 47.7 Å². The summed E-state index contributed by atoms with van der Waals surface area (Å²) in [6.07, 6.45) is 3.31. The van der Waals surface area contributed by atoms with Gasteiger partial charge in [0.05, 0.1) is 0 Å². The van der Waals surface area contributed by atoms with Gasteiger partial charge in [-0.3, -0.25) is 0 Å². The Morgan fingerprint density at radius 2 is 1.82 bits per heavy atom. The van der Waals surface area contributed by atoms with Crippen LogP contribution < -0.4 is 4.90 Å². The number of rotatable bonds is 6. The van der Waals surface area contributed by atoms with Gasteiger partial charge in [0.1, 0.15) is 5.75 Å². The van der Waals surface area contributed by atoms with Crippen LogP contribution in [0.4, 0.5) is 5.69 Å². The molecule has 4 nitrogen and oxygen atoms in total. The van der Waals surface area contributed by atoms with Crippen LogP contribution in [0.5, 0.6) is 5.75 Å². The van der Waals surface area contributed by atoms with Crippen LogP contribution in [-0.2, 0) is 0 Å². The molecule has 22 heavy (non-hydrogen) atoms. The number of nitrogens with zero attached hydrogens (tertiary/aromatic N) is 2. The molecule has 5 heteroatoms. The third-order valence-corrected chi connectivity index (χ3v) is 4.60. The average Bonchev–Trinajstić information content (AvgIpc) is 2.49. The van der Waals surface area contributed by atoms with Crippen molar-refractivity contribution < 1.29 is 10.1 Å². The second-order valence-electron chi connectivity index (χ2n) is 6.79. The molecule has 1 saturated heterocycles. The normalized spacial score (nSPS) is 17.0. The quantitative estimate of drug-likeness (QED) is 0.793. The predicted molar refractivity (Wildman–Crippen MR) is 93.3 cm³/mol. The number of hydrogen-bond donors (Lipinski definition) is 2. The van der Waals surface area contributed by atoms with Crippen LogP contribution >= 0.6 is 0 Å². The average molecular weight is 304 g/mol. The largest absolute Gasteiger partial charge is 0.508 e. The topological polar surface area (TPSA) is 46.9 Å². The second-order valence-corrected chi connectivity index (χ2v) is 6.79. The fourth-order valence-corrected chi connectivity index (χ4v) is 3.14. The van der Waals surface area contributed by atoms with Crippen LogP contribution in [0.3, 0.4) is 0 Å².